The predicted octanol–water partition coefficient (Wildman–Crippen LogP) is 1.21. The van der Waals surface area contributed by atoms with Gasteiger partial charge in [-0.05, 0) is 12.8 Å². The number of aromatic amines is 1. The number of hydrogen-bond donors (Lipinski definition) is 3. The van der Waals surface area contributed by atoms with E-state index in [0.717, 1.165) is 18.5 Å². The fourth-order valence-electron chi connectivity index (χ4n) is 1.80. The predicted molar refractivity (Wildman–Crippen MR) is 62.0 cm³/mol. The van der Waals surface area contributed by atoms with E-state index in [9.17, 15) is 4.79 Å². The van der Waals surface area contributed by atoms with Crippen LogP contribution in [0.1, 0.15) is 38.3 Å². The lowest BCUT2D eigenvalue weighted by Gasteiger charge is -2.31. The molecule has 16 heavy (non-hydrogen) atoms. The molecule has 2 rings (SSSR count). The molecule has 0 spiro atoms. The van der Waals surface area contributed by atoms with Gasteiger partial charge >= 0.3 is 0 Å². The third-order valence-corrected chi connectivity index (χ3v) is 2.99. The highest BCUT2D eigenvalue weighted by Gasteiger charge is 2.28. The minimum Gasteiger partial charge on any atom is -0.328 e. The number of amides is 1. The molecule has 0 bridgehead atoms. The molecule has 0 aliphatic heterocycles. The first kappa shape index (κ1) is 11.1. The molecular formula is C11H18N4O. The van der Waals surface area contributed by atoms with Crippen LogP contribution in [0.2, 0.25) is 0 Å². The minimum absolute atomic E-state index is 0.0108. The quantitative estimate of drug-likeness (QED) is 0.718. The molecule has 5 heteroatoms. The molecule has 1 amide bonds. The molecule has 0 saturated heterocycles. The number of nitrogens with zero attached hydrogens (tertiary/aromatic N) is 1. The molecule has 5 nitrogen and oxygen atoms in total. The van der Waals surface area contributed by atoms with Crippen molar-refractivity contribution in [2.45, 2.75) is 38.6 Å². The fraction of sp³-hybridized carbons (Fsp3) is 0.636. The fourth-order valence-corrected chi connectivity index (χ4v) is 1.80. The number of carbonyl (C=O) groups is 1. The number of aromatic nitrogens is 2. The van der Waals surface area contributed by atoms with E-state index in [-0.39, 0.29) is 11.8 Å². The van der Waals surface area contributed by atoms with Crippen molar-refractivity contribution in [3.05, 3.63) is 11.8 Å². The van der Waals surface area contributed by atoms with Crippen molar-refractivity contribution in [3.8, 4) is 0 Å². The highest BCUT2D eigenvalue weighted by molar-refractivity contribution is 5.91. The molecule has 1 aliphatic carbocycles. The van der Waals surface area contributed by atoms with E-state index in [1.54, 1.807) is 0 Å². The molecule has 0 aromatic carbocycles. The monoisotopic (exact) mass is 222 g/mol. The van der Waals surface area contributed by atoms with Crippen LogP contribution in [0.15, 0.2) is 6.07 Å². The average Bonchev–Trinajstić information content (AvgIpc) is 2.61. The van der Waals surface area contributed by atoms with Crippen LogP contribution in [-0.4, -0.2) is 22.1 Å². The average molecular weight is 222 g/mol. The van der Waals surface area contributed by atoms with E-state index in [0.29, 0.717) is 17.8 Å². The summed E-state index contributed by atoms with van der Waals surface area (Å²) in [6, 6.07) is 2.22. The number of H-pyrrole nitrogens is 1. The highest BCUT2D eigenvalue weighted by atomic mass is 16.1. The summed E-state index contributed by atoms with van der Waals surface area (Å²) in [5.41, 5.74) is 6.80. The Morgan fingerprint density at radius 2 is 2.31 bits per heavy atom. The molecule has 1 aromatic rings. The molecule has 1 aromatic heterocycles. The van der Waals surface area contributed by atoms with Gasteiger partial charge in [-0.3, -0.25) is 9.89 Å². The zero-order valence-corrected chi connectivity index (χ0v) is 9.66. The van der Waals surface area contributed by atoms with Crippen LogP contribution in [0.5, 0.6) is 0 Å². The highest BCUT2D eigenvalue weighted by Crippen LogP contribution is 2.35. The molecule has 0 unspecified atom stereocenters. The molecule has 88 valence electrons. The van der Waals surface area contributed by atoms with Gasteiger partial charge in [0.1, 0.15) is 0 Å². The smallest absolute Gasteiger partial charge is 0.228 e. The lowest BCUT2D eigenvalue weighted by atomic mass is 9.79. The maximum atomic E-state index is 11.4. The van der Waals surface area contributed by atoms with Crippen molar-refractivity contribution in [2.75, 3.05) is 5.32 Å². The summed E-state index contributed by atoms with van der Waals surface area (Å²) in [5, 5.41) is 9.78. The van der Waals surface area contributed by atoms with Crippen molar-refractivity contribution >= 4 is 11.7 Å². The molecular weight excluding hydrogens is 204 g/mol. The van der Waals surface area contributed by atoms with Gasteiger partial charge in [-0.2, -0.15) is 5.10 Å². The molecule has 0 radical (unpaired) electrons. The summed E-state index contributed by atoms with van der Waals surface area (Å²) in [7, 11) is 0. The SMILES string of the molecule is CC(C)C(=O)Nc1cc(C2CC(N)C2)[nH]n1. The van der Waals surface area contributed by atoms with E-state index >= 15 is 0 Å². The Morgan fingerprint density at radius 3 is 2.88 bits per heavy atom. The van der Waals surface area contributed by atoms with Crippen LogP contribution in [0.25, 0.3) is 0 Å². The van der Waals surface area contributed by atoms with E-state index in [2.05, 4.69) is 15.5 Å². The van der Waals surface area contributed by atoms with E-state index in [1.165, 1.54) is 0 Å². The third-order valence-electron chi connectivity index (χ3n) is 2.99. The zero-order valence-electron chi connectivity index (χ0n) is 9.66. The van der Waals surface area contributed by atoms with Gasteiger partial charge in [0.05, 0.1) is 0 Å². The van der Waals surface area contributed by atoms with Crippen LogP contribution >= 0.6 is 0 Å². The summed E-state index contributed by atoms with van der Waals surface area (Å²) in [6.45, 7) is 3.71. The maximum absolute atomic E-state index is 11.4. The Bertz CT molecular complexity index is 379. The van der Waals surface area contributed by atoms with Gasteiger partial charge < -0.3 is 11.1 Å². The third kappa shape index (κ3) is 2.24. The van der Waals surface area contributed by atoms with Gasteiger partial charge in [0.25, 0.3) is 0 Å². The standard InChI is InChI=1S/C11H18N4O/c1-6(2)11(16)13-10-5-9(14-15-10)7-3-8(12)4-7/h5-8H,3-4,12H2,1-2H3,(H2,13,14,15,16). The number of nitrogens with two attached hydrogens (primary N) is 1. The van der Waals surface area contributed by atoms with Crippen LogP contribution in [0.3, 0.4) is 0 Å². The van der Waals surface area contributed by atoms with Crippen molar-refractivity contribution in [1.82, 2.24) is 10.2 Å². The first-order valence-corrected chi connectivity index (χ1v) is 5.68. The summed E-state index contributed by atoms with van der Waals surface area (Å²) in [6.07, 6.45) is 2.00. The van der Waals surface area contributed by atoms with E-state index < -0.39 is 0 Å². The molecule has 1 heterocycles. The Hall–Kier alpha value is -1.36. The molecule has 1 saturated carbocycles. The van der Waals surface area contributed by atoms with Gasteiger partial charge in [-0.1, -0.05) is 13.8 Å². The van der Waals surface area contributed by atoms with Gasteiger partial charge in [0, 0.05) is 29.6 Å². The summed E-state index contributed by atoms with van der Waals surface area (Å²) in [5.74, 6) is 1.04. The second-order valence-electron chi connectivity index (χ2n) is 4.78. The first-order chi connectivity index (χ1) is 7.56. The lowest BCUT2D eigenvalue weighted by Crippen LogP contribution is -2.34. The van der Waals surface area contributed by atoms with E-state index in [4.69, 9.17) is 5.73 Å². The number of carbonyl (C=O) groups excluding carboxylic acids is 1. The van der Waals surface area contributed by atoms with Gasteiger partial charge in [0.2, 0.25) is 5.91 Å². The normalized spacial score (nSPS) is 24.2. The Morgan fingerprint density at radius 1 is 1.62 bits per heavy atom. The zero-order chi connectivity index (χ0) is 11.7. The Kier molecular flexibility index (Phi) is 2.96. The number of nitrogens with one attached hydrogen (secondary N) is 2. The van der Waals surface area contributed by atoms with Crippen LogP contribution in [-0.2, 0) is 4.79 Å². The number of anilines is 1. The van der Waals surface area contributed by atoms with Crippen molar-refractivity contribution in [3.63, 3.8) is 0 Å². The summed E-state index contributed by atoms with van der Waals surface area (Å²) >= 11 is 0. The molecule has 1 aliphatic rings. The Labute approximate surface area is 94.8 Å². The van der Waals surface area contributed by atoms with Gasteiger partial charge in [-0.25, -0.2) is 0 Å². The maximum Gasteiger partial charge on any atom is 0.228 e. The largest absolute Gasteiger partial charge is 0.328 e. The van der Waals surface area contributed by atoms with Gasteiger partial charge in [-0.15, -0.1) is 0 Å². The second kappa shape index (κ2) is 4.25. The number of hydrogen-bond acceptors (Lipinski definition) is 3. The van der Waals surface area contributed by atoms with Gasteiger partial charge in [0.15, 0.2) is 5.82 Å². The van der Waals surface area contributed by atoms with E-state index in [1.807, 2.05) is 19.9 Å². The summed E-state index contributed by atoms with van der Waals surface area (Å²) in [4.78, 5) is 11.4. The Balaban J connectivity index is 1.95. The topological polar surface area (TPSA) is 83.8 Å². The van der Waals surface area contributed by atoms with Crippen molar-refractivity contribution in [2.24, 2.45) is 11.7 Å². The van der Waals surface area contributed by atoms with Crippen molar-refractivity contribution in [1.29, 1.82) is 0 Å². The van der Waals surface area contributed by atoms with Crippen LogP contribution in [0.4, 0.5) is 5.82 Å². The molecule has 1 fully saturated rings. The van der Waals surface area contributed by atoms with Crippen LogP contribution in [0, 0.1) is 5.92 Å². The lowest BCUT2D eigenvalue weighted by molar-refractivity contribution is -0.118. The second-order valence-corrected chi connectivity index (χ2v) is 4.78. The summed E-state index contributed by atoms with van der Waals surface area (Å²) < 4.78 is 0. The minimum atomic E-state index is -0.0303. The number of rotatable bonds is 3. The molecule has 0 atom stereocenters. The van der Waals surface area contributed by atoms with Crippen molar-refractivity contribution < 1.29 is 4.79 Å². The molecule has 4 N–H and O–H groups in total. The first-order valence-electron chi connectivity index (χ1n) is 5.68. The van der Waals surface area contributed by atoms with Crippen LogP contribution < -0.4 is 11.1 Å².